The summed E-state index contributed by atoms with van der Waals surface area (Å²) in [5.41, 5.74) is 0. The maximum atomic E-state index is 10.6. The Balaban J connectivity index is 1.76. The molecule has 0 unspecified atom stereocenters. The molecule has 0 bridgehead atoms. The molecule has 0 aromatic carbocycles. The summed E-state index contributed by atoms with van der Waals surface area (Å²) < 4.78 is 0. The summed E-state index contributed by atoms with van der Waals surface area (Å²) in [4.78, 5) is 15.0. The van der Waals surface area contributed by atoms with Crippen molar-refractivity contribution < 1.29 is 4.79 Å². The number of carbonyl (C=O) groups excluding carboxylic acids is 1. The van der Waals surface area contributed by atoms with Crippen molar-refractivity contribution in [2.75, 3.05) is 32.7 Å². The van der Waals surface area contributed by atoms with Gasteiger partial charge in [-0.15, -0.1) is 11.6 Å². The highest BCUT2D eigenvalue weighted by Crippen LogP contribution is 2.43. The van der Waals surface area contributed by atoms with Crippen molar-refractivity contribution in [2.45, 2.75) is 18.7 Å². The highest BCUT2D eigenvalue weighted by atomic mass is 35.5. The number of carbonyl (C=O) groups is 1. The fourth-order valence-electron chi connectivity index (χ4n) is 2.34. The van der Waals surface area contributed by atoms with Crippen molar-refractivity contribution in [3.8, 4) is 0 Å². The Labute approximate surface area is 96.4 Å². The number of nitrogens with zero attached hydrogens (tertiary/aromatic N) is 2. The molecule has 0 aromatic heterocycles. The topological polar surface area (TPSA) is 23.6 Å². The molecule has 1 saturated carbocycles. The molecule has 0 aromatic rings. The van der Waals surface area contributed by atoms with Crippen LogP contribution in [0.4, 0.5) is 0 Å². The molecule has 4 heteroatoms. The second-order valence-electron chi connectivity index (χ2n) is 4.76. The third-order valence-electron chi connectivity index (χ3n) is 3.69. The van der Waals surface area contributed by atoms with E-state index in [4.69, 9.17) is 11.6 Å². The molecule has 1 aliphatic heterocycles. The summed E-state index contributed by atoms with van der Waals surface area (Å²) in [7, 11) is 0. The monoisotopic (exact) mass is 230 g/mol. The second-order valence-corrected chi connectivity index (χ2v) is 5.27. The Morgan fingerprint density at radius 3 is 2.67 bits per heavy atom. The van der Waals surface area contributed by atoms with Crippen molar-refractivity contribution in [3.05, 3.63) is 0 Å². The maximum Gasteiger partial charge on any atom is 0.209 e. The predicted octanol–water partition coefficient (Wildman–Crippen LogP) is 1.02. The molecule has 3 atom stereocenters. The minimum absolute atomic E-state index is 0.385. The van der Waals surface area contributed by atoms with Crippen LogP contribution in [0.15, 0.2) is 0 Å². The van der Waals surface area contributed by atoms with Crippen LogP contribution >= 0.6 is 11.6 Å². The van der Waals surface area contributed by atoms with E-state index in [0.29, 0.717) is 17.2 Å². The van der Waals surface area contributed by atoms with Crippen LogP contribution in [0.5, 0.6) is 0 Å². The number of alkyl halides is 1. The van der Waals surface area contributed by atoms with Crippen LogP contribution in [-0.2, 0) is 4.79 Å². The minimum Gasteiger partial charge on any atom is -0.344 e. The molecular formula is C11H19ClN2O. The first kappa shape index (κ1) is 11.2. The summed E-state index contributed by atoms with van der Waals surface area (Å²) >= 11 is 6.13. The Kier molecular flexibility index (Phi) is 3.52. The average molecular weight is 231 g/mol. The number of amides is 1. The van der Waals surface area contributed by atoms with Crippen molar-refractivity contribution in [1.29, 1.82) is 0 Å². The standard InChI is InChI=1S/C11H19ClN2O/c1-9-10(11(9)12)7-13-3-2-4-14(8-15)6-5-13/h8-11H,2-7H2,1H3/t9-,10+,11+/m0/s1. The van der Waals surface area contributed by atoms with Crippen molar-refractivity contribution in [2.24, 2.45) is 11.8 Å². The van der Waals surface area contributed by atoms with Crippen LogP contribution in [0.2, 0.25) is 0 Å². The van der Waals surface area contributed by atoms with Gasteiger partial charge in [0.1, 0.15) is 0 Å². The Morgan fingerprint density at radius 2 is 2.07 bits per heavy atom. The lowest BCUT2D eigenvalue weighted by molar-refractivity contribution is -0.118. The lowest BCUT2D eigenvalue weighted by Gasteiger charge is -2.19. The third kappa shape index (κ3) is 2.64. The van der Waals surface area contributed by atoms with Gasteiger partial charge in [-0.25, -0.2) is 0 Å². The number of hydrogen-bond donors (Lipinski definition) is 0. The van der Waals surface area contributed by atoms with Gasteiger partial charge in [0.15, 0.2) is 0 Å². The smallest absolute Gasteiger partial charge is 0.209 e. The van der Waals surface area contributed by atoms with Gasteiger partial charge in [-0.3, -0.25) is 4.79 Å². The van der Waals surface area contributed by atoms with Crippen molar-refractivity contribution in [1.82, 2.24) is 9.80 Å². The second kappa shape index (κ2) is 4.71. The molecule has 0 spiro atoms. The van der Waals surface area contributed by atoms with E-state index in [1.165, 1.54) is 0 Å². The predicted molar refractivity (Wildman–Crippen MR) is 61.0 cm³/mol. The zero-order valence-electron chi connectivity index (χ0n) is 9.23. The third-order valence-corrected chi connectivity index (χ3v) is 4.41. The van der Waals surface area contributed by atoms with E-state index in [1.807, 2.05) is 4.90 Å². The number of rotatable bonds is 3. The van der Waals surface area contributed by atoms with Gasteiger partial charge in [-0.1, -0.05) is 6.92 Å². The fraction of sp³-hybridized carbons (Fsp3) is 0.909. The molecule has 1 amide bonds. The first-order valence-electron chi connectivity index (χ1n) is 5.78. The maximum absolute atomic E-state index is 10.6. The molecule has 2 fully saturated rings. The summed E-state index contributed by atoms with van der Waals surface area (Å²) in [6.45, 7) is 7.23. The van der Waals surface area contributed by atoms with Crippen LogP contribution in [0, 0.1) is 11.8 Å². The molecule has 1 heterocycles. The molecule has 2 rings (SSSR count). The van der Waals surface area contributed by atoms with Gasteiger partial charge in [0.2, 0.25) is 6.41 Å². The zero-order chi connectivity index (χ0) is 10.8. The van der Waals surface area contributed by atoms with E-state index in [9.17, 15) is 4.79 Å². The first-order valence-corrected chi connectivity index (χ1v) is 6.22. The van der Waals surface area contributed by atoms with Gasteiger partial charge in [0.05, 0.1) is 0 Å². The van der Waals surface area contributed by atoms with E-state index in [0.717, 1.165) is 45.6 Å². The molecule has 1 saturated heterocycles. The summed E-state index contributed by atoms with van der Waals surface area (Å²) in [5, 5.41) is 0.385. The largest absolute Gasteiger partial charge is 0.344 e. The Bertz CT molecular complexity index is 229. The molecule has 3 nitrogen and oxygen atoms in total. The first-order chi connectivity index (χ1) is 7.22. The molecule has 2 aliphatic rings. The van der Waals surface area contributed by atoms with Gasteiger partial charge < -0.3 is 9.80 Å². The van der Waals surface area contributed by atoms with Crippen LogP contribution in [0.3, 0.4) is 0 Å². The van der Waals surface area contributed by atoms with Gasteiger partial charge in [0.25, 0.3) is 0 Å². The van der Waals surface area contributed by atoms with Crippen LogP contribution in [-0.4, -0.2) is 54.3 Å². The van der Waals surface area contributed by atoms with Gasteiger partial charge in [-0.05, 0) is 24.8 Å². The van der Waals surface area contributed by atoms with Crippen LogP contribution in [0.1, 0.15) is 13.3 Å². The Hall–Kier alpha value is -0.280. The molecule has 86 valence electrons. The van der Waals surface area contributed by atoms with Crippen molar-refractivity contribution in [3.63, 3.8) is 0 Å². The number of halogens is 1. The van der Waals surface area contributed by atoms with Crippen LogP contribution in [0.25, 0.3) is 0 Å². The molecule has 15 heavy (non-hydrogen) atoms. The van der Waals surface area contributed by atoms with Crippen LogP contribution < -0.4 is 0 Å². The quantitative estimate of drug-likeness (QED) is 0.534. The van der Waals surface area contributed by atoms with Gasteiger partial charge >= 0.3 is 0 Å². The highest BCUT2D eigenvalue weighted by Gasteiger charge is 2.45. The lowest BCUT2D eigenvalue weighted by Crippen LogP contribution is -2.31. The van der Waals surface area contributed by atoms with Gasteiger partial charge in [0, 0.05) is 31.6 Å². The normalized spacial score (nSPS) is 37.5. The van der Waals surface area contributed by atoms with E-state index >= 15 is 0 Å². The summed E-state index contributed by atoms with van der Waals surface area (Å²) in [5.74, 6) is 1.35. The summed E-state index contributed by atoms with van der Waals surface area (Å²) in [6, 6.07) is 0. The molecular weight excluding hydrogens is 212 g/mol. The van der Waals surface area contributed by atoms with E-state index < -0.39 is 0 Å². The molecule has 0 radical (unpaired) electrons. The Morgan fingerprint density at radius 1 is 1.33 bits per heavy atom. The van der Waals surface area contributed by atoms with E-state index in [2.05, 4.69) is 11.8 Å². The van der Waals surface area contributed by atoms with Crippen molar-refractivity contribution >= 4 is 18.0 Å². The molecule has 1 aliphatic carbocycles. The minimum atomic E-state index is 0.385. The summed E-state index contributed by atoms with van der Waals surface area (Å²) in [6.07, 6.45) is 2.06. The van der Waals surface area contributed by atoms with Gasteiger partial charge in [-0.2, -0.15) is 0 Å². The van der Waals surface area contributed by atoms with E-state index in [1.54, 1.807) is 0 Å². The average Bonchev–Trinajstić information content (AvgIpc) is 2.88. The fourth-order valence-corrected chi connectivity index (χ4v) is 2.75. The SMILES string of the molecule is C[C@@H]1[C@@H](Cl)[C@@H]1CN1CCCN(C=O)CC1. The zero-order valence-corrected chi connectivity index (χ0v) is 9.99. The van der Waals surface area contributed by atoms with E-state index in [-0.39, 0.29) is 0 Å². The molecule has 0 N–H and O–H groups in total. The highest BCUT2D eigenvalue weighted by molar-refractivity contribution is 6.23. The lowest BCUT2D eigenvalue weighted by atomic mass is 10.3. The number of hydrogen-bond acceptors (Lipinski definition) is 2.